The summed E-state index contributed by atoms with van der Waals surface area (Å²) in [5.41, 5.74) is 1.06. The highest BCUT2D eigenvalue weighted by Gasteiger charge is 2.21. The van der Waals surface area contributed by atoms with Crippen molar-refractivity contribution in [2.75, 3.05) is 19.0 Å². The van der Waals surface area contributed by atoms with E-state index in [9.17, 15) is 0 Å². The molecule has 1 aliphatic carbocycles. The van der Waals surface area contributed by atoms with Crippen molar-refractivity contribution in [3.8, 4) is 5.75 Å². The van der Waals surface area contributed by atoms with Gasteiger partial charge >= 0.3 is 0 Å². The highest BCUT2D eigenvalue weighted by Crippen LogP contribution is 2.30. The molecule has 1 aromatic carbocycles. The lowest BCUT2D eigenvalue weighted by Gasteiger charge is -2.29. The lowest BCUT2D eigenvalue weighted by Crippen LogP contribution is -2.30. The molecule has 2 atom stereocenters. The van der Waals surface area contributed by atoms with Crippen molar-refractivity contribution < 1.29 is 9.47 Å². The van der Waals surface area contributed by atoms with Gasteiger partial charge in [0.1, 0.15) is 5.75 Å². The van der Waals surface area contributed by atoms with Crippen LogP contribution in [0.4, 0.5) is 5.69 Å². The molecule has 0 bridgehead atoms. The molecule has 0 aromatic heterocycles. The van der Waals surface area contributed by atoms with Crippen LogP contribution < -0.4 is 10.1 Å². The number of hydrogen-bond acceptors (Lipinski definition) is 3. The van der Waals surface area contributed by atoms with Gasteiger partial charge in [0.2, 0.25) is 0 Å². The quantitative estimate of drug-likeness (QED) is 0.838. The van der Waals surface area contributed by atoms with Gasteiger partial charge < -0.3 is 14.8 Å². The Labute approximate surface area is 126 Å². The summed E-state index contributed by atoms with van der Waals surface area (Å²) in [6.07, 6.45) is 5.98. The second kappa shape index (κ2) is 7.75. The maximum Gasteiger partial charge on any atom is 0.138 e. The van der Waals surface area contributed by atoms with Crippen LogP contribution in [0.2, 0.25) is 5.02 Å². The lowest BCUT2D eigenvalue weighted by molar-refractivity contribution is 0.0669. The topological polar surface area (TPSA) is 30.5 Å². The van der Waals surface area contributed by atoms with Crippen LogP contribution in [-0.4, -0.2) is 25.9 Å². The van der Waals surface area contributed by atoms with Crippen LogP contribution in [0.25, 0.3) is 0 Å². The van der Waals surface area contributed by atoms with Crippen LogP contribution in [-0.2, 0) is 4.74 Å². The summed E-state index contributed by atoms with van der Waals surface area (Å²) < 4.78 is 11.0. The van der Waals surface area contributed by atoms with Crippen LogP contribution in [0.1, 0.15) is 39.0 Å². The lowest BCUT2D eigenvalue weighted by atomic mass is 9.92. The molecule has 0 amide bonds. The summed E-state index contributed by atoms with van der Waals surface area (Å²) >= 11 is 6.25. The number of ether oxygens (including phenoxy) is 2. The third-order valence-electron chi connectivity index (χ3n) is 3.72. The van der Waals surface area contributed by atoms with Gasteiger partial charge in [0.25, 0.3) is 0 Å². The molecule has 0 saturated heterocycles. The highest BCUT2D eigenvalue weighted by molar-refractivity contribution is 6.32. The van der Waals surface area contributed by atoms with Crippen molar-refractivity contribution in [3.05, 3.63) is 23.2 Å². The van der Waals surface area contributed by atoms with Crippen molar-refractivity contribution in [1.82, 2.24) is 0 Å². The number of anilines is 1. The van der Waals surface area contributed by atoms with Crippen LogP contribution in [0.15, 0.2) is 18.2 Å². The molecular weight excluding hydrogens is 274 g/mol. The van der Waals surface area contributed by atoms with Crippen LogP contribution >= 0.6 is 11.6 Å². The van der Waals surface area contributed by atoms with E-state index in [1.54, 1.807) is 7.11 Å². The van der Waals surface area contributed by atoms with Crippen LogP contribution in [0.3, 0.4) is 0 Å². The third-order valence-corrected chi connectivity index (χ3v) is 4.02. The Morgan fingerprint density at radius 1 is 1.35 bits per heavy atom. The van der Waals surface area contributed by atoms with Crippen molar-refractivity contribution >= 4 is 17.3 Å². The molecule has 2 unspecified atom stereocenters. The molecule has 4 heteroatoms. The number of halogens is 1. The summed E-state index contributed by atoms with van der Waals surface area (Å²) in [6.45, 7) is 2.78. The molecule has 0 aliphatic heterocycles. The first-order valence-corrected chi connectivity index (χ1v) is 7.82. The second-order valence-corrected chi connectivity index (χ2v) is 5.77. The van der Waals surface area contributed by atoms with Gasteiger partial charge in [-0.25, -0.2) is 0 Å². The highest BCUT2D eigenvalue weighted by atomic mass is 35.5. The maximum atomic E-state index is 6.25. The summed E-state index contributed by atoms with van der Waals surface area (Å²) in [5.74, 6) is 0.762. The average molecular weight is 298 g/mol. The first-order chi connectivity index (χ1) is 9.72. The summed E-state index contributed by atoms with van der Waals surface area (Å²) in [7, 11) is 1.80. The molecule has 0 spiro atoms. The number of methoxy groups -OCH3 is 1. The van der Waals surface area contributed by atoms with E-state index < -0.39 is 0 Å². The molecule has 1 fully saturated rings. The fraction of sp³-hybridized carbons (Fsp3) is 0.625. The molecule has 1 saturated carbocycles. The minimum absolute atomic E-state index is 0.379. The number of benzene rings is 1. The molecule has 0 radical (unpaired) electrons. The largest absolute Gasteiger partial charge is 0.492 e. The van der Waals surface area contributed by atoms with Crippen LogP contribution in [0, 0.1) is 0 Å². The molecule has 3 nitrogen and oxygen atoms in total. The van der Waals surface area contributed by atoms with E-state index in [1.165, 1.54) is 19.3 Å². The van der Waals surface area contributed by atoms with Gasteiger partial charge in [-0.3, -0.25) is 0 Å². The molecule has 1 aliphatic rings. The Balaban J connectivity index is 1.94. The number of hydrogen-bond donors (Lipinski definition) is 1. The molecule has 1 N–H and O–H groups in total. The Morgan fingerprint density at radius 2 is 2.20 bits per heavy atom. The second-order valence-electron chi connectivity index (χ2n) is 5.36. The van der Waals surface area contributed by atoms with E-state index >= 15 is 0 Å². The standard InChI is InChI=1S/C16H24ClNO2/c1-3-9-20-16-8-7-13(11-15(16)17)18-12-5-4-6-14(10-12)19-2/h7-8,11-12,14,18H,3-6,9-10H2,1-2H3. The van der Waals surface area contributed by atoms with E-state index in [4.69, 9.17) is 21.1 Å². The molecule has 20 heavy (non-hydrogen) atoms. The molecule has 1 aromatic rings. The van der Waals surface area contributed by atoms with Crippen molar-refractivity contribution in [1.29, 1.82) is 0 Å². The van der Waals surface area contributed by atoms with Gasteiger partial charge in [0.05, 0.1) is 17.7 Å². The zero-order valence-corrected chi connectivity index (χ0v) is 13.1. The summed E-state index contributed by atoms with van der Waals surface area (Å²) in [4.78, 5) is 0. The molecular formula is C16H24ClNO2. The van der Waals surface area contributed by atoms with E-state index in [2.05, 4.69) is 12.2 Å². The van der Waals surface area contributed by atoms with Crippen molar-refractivity contribution in [3.63, 3.8) is 0 Å². The molecule has 0 heterocycles. The number of rotatable bonds is 6. The Hall–Kier alpha value is -0.930. The van der Waals surface area contributed by atoms with E-state index in [0.29, 0.717) is 23.8 Å². The van der Waals surface area contributed by atoms with E-state index in [1.807, 2.05) is 18.2 Å². The van der Waals surface area contributed by atoms with E-state index in [-0.39, 0.29) is 0 Å². The fourth-order valence-corrected chi connectivity index (χ4v) is 2.88. The SMILES string of the molecule is CCCOc1ccc(NC2CCCC(OC)C2)cc1Cl. The Kier molecular flexibility index (Phi) is 5.99. The van der Waals surface area contributed by atoms with E-state index in [0.717, 1.165) is 24.3 Å². The average Bonchev–Trinajstić information content (AvgIpc) is 2.47. The first-order valence-electron chi connectivity index (χ1n) is 7.44. The zero-order chi connectivity index (χ0) is 14.4. The normalized spacial score (nSPS) is 22.6. The predicted octanol–water partition coefficient (Wildman–Crippen LogP) is 4.50. The van der Waals surface area contributed by atoms with Crippen molar-refractivity contribution in [2.45, 2.75) is 51.2 Å². The third kappa shape index (κ3) is 4.29. The van der Waals surface area contributed by atoms with Gasteiger partial charge in [-0.05, 0) is 50.3 Å². The summed E-state index contributed by atoms with van der Waals surface area (Å²) in [6, 6.07) is 6.39. The minimum Gasteiger partial charge on any atom is -0.492 e. The van der Waals surface area contributed by atoms with Gasteiger partial charge in [-0.1, -0.05) is 18.5 Å². The summed E-state index contributed by atoms with van der Waals surface area (Å²) in [5, 5.41) is 4.22. The van der Waals surface area contributed by atoms with Crippen molar-refractivity contribution in [2.24, 2.45) is 0 Å². The van der Waals surface area contributed by atoms with Gasteiger partial charge in [-0.2, -0.15) is 0 Å². The Bertz CT molecular complexity index is 425. The Morgan fingerprint density at radius 3 is 2.90 bits per heavy atom. The smallest absolute Gasteiger partial charge is 0.138 e. The van der Waals surface area contributed by atoms with Gasteiger partial charge in [0, 0.05) is 18.8 Å². The molecule has 2 rings (SSSR count). The minimum atomic E-state index is 0.379. The zero-order valence-electron chi connectivity index (χ0n) is 12.3. The molecule has 112 valence electrons. The van der Waals surface area contributed by atoms with Gasteiger partial charge in [0.15, 0.2) is 0 Å². The fourth-order valence-electron chi connectivity index (χ4n) is 2.65. The van der Waals surface area contributed by atoms with Gasteiger partial charge in [-0.15, -0.1) is 0 Å². The predicted molar refractivity (Wildman–Crippen MR) is 83.9 cm³/mol. The number of nitrogens with one attached hydrogen (secondary N) is 1. The first kappa shape index (κ1) is 15.5. The monoisotopic (exact) mass is 297 g/mol. The van der Waals surface area contributed by atoms with Crippen LogP contribution in [0.5, 0.6) is 5.75 Å². The maximum absolute atomic E-state index is 6.25.